The first-order chi connectivity index (χ1) is 8.33. The van der Waals surface area contributed by atoms with Gasteiger partial charge < -0.3 is 9.47 Å². The van der Waals surface area contributed by atoms with Gasteiger partial charge in [-0.25, -0.2) is 4.98 Å². The van der Waals surface area contributed by atoms with E-state index in [1.807, 2.05) is 36.4 Å². The van der Waals surface area contributed by atoms with Crippen LogP contribution in [0.15, 0.2) is 42.6 Å². The molecule has 3 nitrogen and oxygen atoms in total. The van der Waals surface area contributed by atoms with Crippen molar-refractivity contribution in [3.05, 3.63) is 48.2 Å². The van der Waals surface area contributed by atoms with Gasteiger partial charge in [-0.05, 0) is 30.2 Å². The van der Waals surface area contributed by atoms with Gasteiger partial charge in [-0.3, -0.25) is 0 Å². The van der Waals surface area contributed by atoms with E-state index in [9.17, 15) is 0 Å². The highest BCUT2D eigenvalue weighted by Crippen LogP contribution is 2.31. The Balaban J connectivity index is 2.26. The SMILES string of the molecule is CCc1ccc(Oc2ccccn2)c(OC)c1. The Labute approximate surface area is 101 Å². The molecule has 0 unspecified atom stereocenters. The second kappa shape index (κ2) is 5.34. The van der Waals surface area contributed by atoms with E-state index >= 15 is 0 Å². The van der Waals surface area contributed by atoms with Crippen LogP contribution in [-0.4, -0.2) is 12.1 Å². The number of aryl methyl sites for hydroxylation is 1. The van der Waals surface area contributed by atoms with Crippen LogP contribution in [0.1, 0.15) is 12.5 Å². The Morgan fingerprint density at radius 3 is 2.65 bits per heavy atom. The number of rotatable bonds is 4. The Morgan fingerprint density at radius 1 is 1.12 bits per heavy atom. The number of hydrogen-bond acceptors (Lipinski definition) is 3. The summed E-state index contributed by atoms with van der Waals surface area (Å²) in [5.74, 6) is 1.98. The zero-order chi connectivity index (χ0) is 12.1. The highest BCUT2D eigenvalue weighted by molar-refractivity contribution is 5.44. The molecule has 0 spiro atoms. The summed E-state index contributed by atoms with van der Waals surface area (Å²) in [6.07, 6.45) is 2.67. The summed E-state index contributed by atoms with van der Waals surface area (Å²) in [6.45, 7) is 2.11. The Hall–Kier alpha value is -2.03. The van der Waals surface area contributed by atoms with Gasteiger partial charge in [0.15, 0.2) is 11.5 Å². The van der Waals surface area contributed by atoms with Crippen molar-refractivity contribution in [3.63, 3.8) is 0 Å². The summed E-state index contributed by atoms with van der Waals surface area (Å²) in [7, 11) is 1.64. The van der Waals surface area contributed by atoms with Crippen molar-refractivity contribution >= 4 is 0 Å². The fourth-order valence-corrected chi connectivity index (χ4v) is 1.54. The second-order valence-corrected chi connectivity index (χ2v) is 3.61. The highest BCUT2D eigenvalue weighted by Gasteiger charge is 2.06. The number of pyridine rings is 1. The summed E-state index contributed by atoms with van der Waals surface area (Å²) in [5, 5.41) is 0. The topological polar surface area (TPSA) is 31.4 Å². The van der Waals surface area contributed by atoms with Crippen LogP contribution in [-0.2, 0) is 6.42 Å². The summed E-state index contributed by atoms with van der Waals surface area (Å²) in [6, 6.07) is 11.5. The molecule has 2 rings (SSSR count). The average molecular weight is 229 g/mol. The minimum atomic E-state index is 0.565. The molecule has 1 heterocycles. The van der Waals surface area contributed by atoms with E-state index in [4.69, 9.17) is 9.47 Å². The summed E-state index contributed by atoms with van der Waals surface area (Å²) in [5.41, 5.74) is 1.22. The van der Waals surface area contributed by atoms with E-state index in [1.54, 1.807) is 13.3 Å². The van der Waals surface area contributed by atoms with Crippen molar-refractivity contribution < 1.29 is 9.47 Å². The molecule has 1 aromatic heterocycles. The molecule has 0 aliphatic heterocycles. The van der Waals surface area contributed by atoms with Crippen LogP contribution in [0.25, 0.3) is 0 Å². The smallest absolute Gasteiger partial charge is 0.219 e. The molecular weight excluding hydrogens is 214 g/mol. The van der Waals surface area contributed by atoms with Gasteiger partial charge in [0.2, 0.25) is 5.88 Å². The van der Waals surface area contributed by atoms with Crippen LogP contribution in [0.4, 0.5) is 0 Å². The number of methoxy groups -OCH3 is 1. The van der Waals surface area contributed by atoms with Crippen LogP contribution in [0, 0.1) is 0 Å². The largest absolute Gasteiger partial charge is 0.493 e. The summed E-state index contributed by atoms with van der Waals surface area (Å²) < 4.78 is 11.0. The summed E-state index contributed by atoms with van der Waals surface area (Å²) in [4.78, 5) is 4.11. The fraction of sp³-hybridized carbons (Fsp3) is 0.214. The lowest BCUT2D eigenvalue weighted by Gasteiger charge is -2.10. The predicted octanol–water partition coefficient (Wildman–Crippen LogP) is 3.44. The maximum absolute atomic E-state index is 5.66. The Kier molecular flexibility index (Phi) is 3.60. The van der Waals surface area contributed by atoms with E-state index in [2.05, 4.69) is 11.9 Å². The van der Waals surface area contributed by atoms with Gasteiger partial charge in [0.1, 0.15) is 0 Å². The average Bonchev–Trinajstić information content (AvgIpc) is 2.40. The van der Waals surface area contributed by atoms with E-state index in [0.717, 1.165) is 12.2 Å². The molecule has 0 saturated carbocycles. The van der Waals surface area contributed by atoms with Crippen molar-refractivity contribution in [1.82, 2.24) is 4.98 Å². The van der Waals surface area contributed by atoms with E-state index < -0.39 is 0 Å². The monoisotopic (exact) mass is 229 g/mol. The van der Waals surface area contributed by atoms with Gasteiger partial charge >= 0.3 is 0 Å². The normalized spacial score (nSPS) is 10.0. The molecule has 88 valence electrons. The van der Waals surface area contributed by atoms with Crippen molar-refractivity contribution in [2.45, 2.75) is 13.3 Å². The first kappa shape index (κ1) is 11.5. The van der Waals surface area contributed by atoms with Crippen LogP contribution in [0.5, 0.6) is 17.4 Å². The molecular formula is C14H15NO2. The van der Waals surface area contributed by atoms with Gasteiger partial charge in [-0.15, -0.1) is 0 Å². The number of aromatic nitrogens is 1. The molecule has 0 bridgehead atoms. The first-order valence-electron chi connectivity index (χ1n) is 5.59. The summed E-state index contributed by atoms with van der Waals surface area (Å²) >= 11 is 0. The first-order valence-corrected chi connectivity index (χ1v) is 5.59. The van der Waals surface area contributed by atoms with E-state index in [-0.39, 0.29) is 0 Å². The highest BCUT2D eigenvalue weighted by atomic mass is 16.5. The molecule has 0 radical (unpaired) electrons. The molecule has 17 heavy (non-hydrogen) atoms. The van der Waals surface area contributed by atoms with Gasteiger partial charge in [-0.1, -0.05) is 19.1 Å². The Morgan fingerprint density at radius 2 is 2.00 bits per heavy atom. The third kappa shape index (κ3) is 2.75. The quantitative estimate of drug-likeness (QED) is 0.804. The predicted molar refractivity (Wildman–Crippen MR) is 66.7 cm³/mol. The van der Waals surface area contributed by atoms with Crippen molar-refractivity contribution in [2.24, 2.45) is 0 Å². The lowest BCUT2D eigenvalue weighted by atomic mass is 10.1. The third-order valence-electron chi connectivity index (χ3n) is 2.49. The molecule has 0 aliphatic rings. The third-order valence-corrected chi connectivity index (χ3v) is 2.49. The maximum Gasteiger partial charge on any atom is 0.219 e. The van der Waals surface area contributed by atoms with Crippen LogP contribution in [0.3, 0.4) is 0 Å². The van der Waals surface area contributed by atoms with Crippen LogP contribution < -0.4 is 9.47 Å². The minimum Gasteiger partial charge on any atom is -0.493 e. The van der Waals surface area contributed by atoms with Crippen molar-refractivity contribution in [3.8, 4) is 17.4 Å². The van der Waals surface area contributed by atoms with Gasteiger partial charge in [0.25, 0.3) is 0 Å². The zero-order valence-electron chi connectivity index (χ0n) is 10.0. The zero-order valence-corrected chi connectivity index (χ0v) is 10.0. The minimum absolute atomic E-state index is 0.565. The number of nitrogens with zero attached hydrogens (tertiary/aromatic N) is 1. The molecule has 1 aromatic carbocycles. The molecule has 0 amide bonds. The lowest BCUT2D eigenvalue weighted by Crippen LogP contribution is -1.93. The van der Waals surface area contributed by atoms with Crippen molar-refractivity contribution in [1.29, 1.82) is 0 Å². The van der Waals surface area contributed by atoms with Crippen LogP contribution >= 0.6 is 0 Å². The maximum atomic E-state index is 5.66. The van der Waals surface area contributed by atoms with Gasteiger partial charge in [0.05, 0.1) is 7.11 Å². The van der Waals surface area contributed by atoms with Gasteiger partial charge in [0, 0.05) is 12.3 Å². The lowest BCUT2D eigenvalue weighted by molar-refractivity contribution is 0.373. The molecule has 2 aromatic rings. The number of hydrogen-bond donors (Lipinski definition) is 0. The van der Waals surface area contributed by atoms with Crippen molar-refractivity contribution in [2.75, 3.05) is 7.11 Å². The fourth-order valence-electron chi connectivity index (χ4n) is 1.54. The molecule has 0 saturated heterocycles. The number of benzene rings is 1. The Bertz CT molecular complexity index is 483. The number of ether oxygens (including phenoxy) is 2. The molecule has 0 atom stereocenters. The van der Waals surface area contributed by atoms with Gasteiger partial charge in [-0.2, -0.15) is 0 Å². The van der Waals surface area contributed by atoms with E-state index in [1.165, 1.54) is 5.56 Å². The van der Waals surface area contributed by atoms with E-state index in [0.29, 0.717) is 11.6 Å². The molecule has 0 N–H and O–H groups in total. The molecule has 3 heteroatoms. The molecule has 0 fully saturated rings. The van der Waals surface area contributed by atoms with Crippen LogP contribution in [0.2, 0.25) is 0 Å². The second-order valence-electron chi connectivity index (χ2n) is 3.61. The molecule has 0 aliphatic carbocycles. The standard InChI is InChI=1S/C14H15NO2/c1-3-11-7-8-12(13(10-11)16-2)17-14-6-4-5-9-15-14/h4-10H,3H2,1-2H3.